The van der Waals surface area contributed by atoms with Gasteiger partial charge in [-0.3, -0.25) is 10.5 Å². The Hall–Kier alpha value is -3.35. The van der Waals surface area contributed by atoms with Crippen LogP contribution < -0.4 is 11.1 Å². The molecule has 0 spiro atoms. The second kappa shape index (κ2) is 7.34. The van der Waals surface area contributed by atoms with Crippen LogP contribution in [0.2, 0.25) is 0 Å². The van der Waals surface area contributed by atoms with Crippen molar-refractivity contribution in [1.82, 2.24) is 4.98 Å². The van der Waals surface area contributed by atoms with E-state index in [2.05, 4.69) is 10.3 Å². The van der Waals surface area contributed by atoms with Gasteiger partial charge in [0.05, 0.1) is 5.56 Å². The van der Waals surface area contributed by atoms with E-state index >= 15 is 0 Å². The summed E-state index contributed by atoms with van der Waals surface area (Å²) in [5.41, 5.74) is 8.86. The summed E-state index contributed by atoms with van der Waals surface area (Å²) in [6.07, 6.45) is 0.991. The molecule has 140 valence electrons. The third-order valence-corrected chi connectivity index (χ3v) is 5.11. The van der Waals surface area contributed by atoms with E-state index in [9.17, 15) is 9.59 Å². The van der Waals surface area contributed by atoms with Crippen molar-refractivity contribution in [3.8, 4) is 0 Å². The van der Waals surface area contributed by atoms with Crippen molar-refractivity contribution in [2.75, 3.05) is 11.9 Å². The minimum absolute atomic E-state index is 0.0693. The summed E-state index contributed by atoms with van der Waals surface area (Å²) in [4.78, 5) is 30.4. The average Bonchev–Trinajstić information content (AvgIpc) is 2.92. The second-order valence-corrected chi connectivity index (χ2v) is 6.94. The minimum atomic E-state index is -0.613. The summed E-state index contributed by atoms with van der Waals surface area (Å²) in [6.45, 7) is 0.269. The number of rotatable bonds is 5. The third kappa shape index (κ3) is 3.19. The van der Waals surface area contributed by atoms with Gasteiger partial charge >= 0.3 is 5.91 Å². The first kappa shape index (κ1) is 18.0. The van der Waals surface area contributed by atoms with Gasteiger partial charge in [0.2, 0.25) is 0 Å². The number of hydrogen-bond donors (Lipinski definition) is 2. The molecule has 0 radical (unpaired) electrons. The van der Waals surface area contributed by atoms with Crippen molar-refractivity contribution in [3.63, 3.8) is 0 Å². The van der Waals surface area contributed by atoms with Crippen LogP contribution in [0.3, 0.4) is 0 Å². The third-order valence-electron chi connectivity index (χ3n) is 5.11. The second-order valence-electron chi connectivity index (χ2n) is 6.94. The fraction of sp³-hybridized carbons (Fsp3) is 0.136. The molecule has 6 nitrogen and oxygen atoms in total. The van der Waals surface area contributed by atoms with Crippen molar-refractivity contribution < 1.29 is 14.1 Å². The van der Waals surface area contributed by atoms with Crippen LogP contribution in [-0.2, 0) is 11.3 Å². The summed E-state index contributed by atoms with van der Waals surface area (Å²) in [7, 11) is 0. The van der Waals surface area contributed by atoms with Gasteiger partial charge in [0.1, 0.15) is 12.4 Å². The van der Waals surface area contributed by atoms with Crippen LogP contribution in [0.1, 0.15) is 27.7 Å². The molecule has 1 aromatic heterocycles. The van der Waals surface area contributed by atoms with Gasteiger partial charge in [-0.15, -0.1) is 0 Å². The SMILES string of the molecule is NC1c2ccccc2C(=O)[N+]1(CC(=O)Nc1ccccn1)Cc1ccccc1. The van der Waals surface area contributed by atoms with Gasteiger partial charge in [0.15, 0.2) is 12.7 Å². The van der Waals surface area contributed by atoms with Gasteiger partial charge < -0.3 is 5.32 Å². The maximum atomic E-state index is 13.4. The summed E-state index contributed by atoms with van der Waals surface area (Å²) >= 11 is 0. The Kier molecular flexibility index (Phi) is 4.73. The number of quaternary nitrogens is 1. The Morgan fingerprint density at radius 3 is 2.43 bits per heavy atom. The number of anilines is 1. The molecule has 0 bridgehead atoms. The first-order valence-electron chi connectivity index (χ1n) is 9.11. The zero-order chi connectivity index (χ0) is 19.6. The summed E-state index contributed by atoms with van der Waals surface area (Å²) in [6, 6.07) is 22.2. The minimum Gasteiger partial charge on any atom is -0.306 e. The Morgan fingerprint density at radius 1 is 1.00 bits per heavy atom. The quantitative estimate of drug-likeness (QED) is 0.674. The molecule has 2 unspecified atom stereocenters. The van der Waals surface area contributed by atoms with E-state index < -0.39 is 6.17 Å². The van der Waals surface area contributed by atoms with Gasteiger partial charge in [0, 0.05) is 17.3 Å². The Balaban J connectivity index is 1.69. The van der Waals surface area contributed by atoms with Crippen molar-refractivity contribution in [1.29, 1.82) is 0 Å². The lowest BCUT2D eigenvalue weighted by molar-refractivity contribution is -0.881. The van der Waals surface area contributed by atoms with E-state index in [0.717, 1.165) is 11.1 Å². The van der Waals surface area contributed by atoms with Gasteiger partial charge in [-0.05, 0) is 18.2 Å². The molecule has 6 heteroatoms. The highest BCUT2D eigenvalue weighted by molar-refractivity contribution is 5.97. The molecule has 4 rings (SSSR count). The molecule has 0 fully saturated rings. The Morgan fingerprint density at radius 2 is 1.71 bits per heavy atom. The van der Waals surface area contributed by atoms with Crippen LogP contribution in [0, 0.1) is 0 Å². The highest BCUT2D eigenvalue weighted by Gasteiger charge is 2.52. The lowest BCUT2D eigenvalue weighted by Crippen LogP contribution is -2.56. The largest absolute Gasteiger partial charge is 0.348 e. The molecular formula is C22H21N4O2+. The molecule has 0 saturated carbocycles. The number of aromatic nitrogens is 1. The molecule has 2 amide bonds. The predicted molar refractivity (Wildman–Crippen MR) is 106 cm³/mol. The van der Waals surface area contributed by atoms with E-state index in [0.29, 0.717) is 17.9 Å². The maximum absolute atomic E-state index is 13.4. The zero-order valence-electron chi connectivity index (χ0n) is 15.3. The lowest BCUT2D eigenvalue weighted by atomic mass is 10.1. The van der Waals surface area contributed by atoms with Crippen LogP contribution in [0.25, 0.3) is 0 Å². The van der Waals surface area contributed by atoms with E-state index in [1.165, 1.54) is 0 Å². The van der Waals surface area contributed by atoms with E-state index in [4.69, 9.17) is 5.73 Å². The fourth-order valence-corrected chi connectivity index (χ4v) is 3.76. The first-order valence-corrected chi connectivity index (χ1v) is 9.11. The number of nitrogens with two attached hydrogens (primary N) is 1. The number of hydrogen-bond acceptors (Lipinski definition) is 4. The summed E-state index contributed by atoms with van der Waals surface area (Å²) in [5, 5.41) is 2.77. The molecule has 0 saturated heterocycles. The molecule has 2 atom stereocenters. The molecule has 3 aromatic rings. The normalized spacial score (nSPS) is 20.6. The number of benzene rings is 2. The average molecular weight is 373 g/mol. The smallest absolute Gasteiger partial charge is 0.306 e. The van der Waals surface area contributed by atoms with Gasteiger partial charge in [-0.2, -0.15) is 0 Å². The molecule has 3 N–H and O–H groups in total. The van der Waals surface area contributed by atoms with Crippen molar-refractivity contribution >= 4 is 17.6 Å². The van der Waals surface area contributed by atoms with Gasteiger partial charge in [0.25, 0.3) is 5.91 Å². The first-order chi connectivity index (χ1) is 13.6. The van der Waals surface area contributed by atoms with Crippen molar-refractivity contribution in [3.05, 3.63) is 95.7 Å². The van der Waals surface area contributed by atoms with Crippen LogP contribution in [0.15, 0.2) is 79.0 Å². The molecule has 0 aliphatic carbocycles. The molecule has 2 heterocycles. The summed E-state index contributed by atoms with van der Waals surface area (Å²) < 4.78 is -0.179. The van der Waals surface area contributed by atoms with E-state index in [1.54, 1.807) is 30.5 Å². The molecular weight excluding hydrogens is 352 g/mol. The topological polar surface area (TPSA) is 85.1 Å². The standard InChI is InChI=1S/C22H20N4O2/c23-21-17-10-4-5-11-18(17)22(28)26(21,14-16-8-2-1-3-9-16)15-20(27)25-19-12-6-7-13-24-19/h1-13,21H,14-15,23H2/p+1. The maximum Gasteiger partial charge on any atom is 0.348 e. The molecule has 1 aliphatic rings. The van der Waals surface area contributed by atoms with Crippen molar-refractivity contribution in [2.45, 2.75) is 12.7 Å². The predicted octanol–water partition coefficient (Wildman–Crippen LogP) is 2.85. The monoisotopic (exact) mass is 373 g/mol. The van der Waals surface area contributed by atoms with Crippen molar-refractivity contribution in [2.24, 2.45) is 5.73 Å². The Labute approximate surface area is 163 Å². The number of nitrogens with zero attached hydrogens (tertiary/aromatic N) is 2. The molecule has 28 heavy (non-hydrogen) atoms. The van der Waals surface area contributed by atoms with Crippen LogP contribution in [-0.4, -0.2) is 27.8 Å². The highest BCUT2D eigenvalue weighted by atomic mass is 16.2. The van der Waals surface area contributed by atoms with E-state index in [1.807, 2.05) is 48.5 Å². The number of carbonyl (C=O) groups is 2. The number of pyridine rings is 1. The number of nitrogens with one attached hydrogen (secondary N) is 1. The Bertz CT molecular complexity index is 1010. The summed E-state index contributed by atoms with van der Waals surface area (Å²) in [5.74, 6) is 0.0115. The van der Waals surface area contributed by atoms with Crippen LogP contribution in [0.5, 0.6) is 0 Å². The fourth-order valence-electron chi connectivity index (χ4n) is 3.76. The van der Waals surface area contributed by atoms with E-state index in [-0.39, 0.29) is 22.8 Å². The van der Waals surface area contributed by atoms with Crippen LogP contribution >= 0.6 is 0 Å². The van der Waals surface area contributed by atoms with Gasteiger partial charge in [-0.1, -0.05) is 54.6 Å². The zero-order valence-corrected chi connectivity index (χ0v) is 15.3. The number of carbonyl (C=O) groups excluding carboxylic acids is 2. The van der Waals surface area contributed by atoms with Crippen LogP contribution in [0.4, 0.5) is 5.82 Å². The molecule has 1 aliphatic heterocycles. The highest BCUT2D eigenvalue weighted by Crippen LogP contribution is 2.39. The lowest BCUT2D eigenvalue weighted by Gasteiger charge is -2.35. The number of amides is 2. The molecule has 2 aromatic carbocycles. The van der Waals surface area contributed by atoms with Gasteiger partial charge in [-0.25, -0.2) is 14.3 Å². The number of fused-ring (bicyclic) bond motifs is 1.